The lowest BCUT2D eigenvalue weighted by atomic mass is 10.0. The molecular weight excluding hydrogens is 1160 g/mol. The zero-order chi connectivity index (χ0) is 66.9. The molecule has 536 valence electrons. The van der Waals surface area contributed by atoms with E-state index in [4.69, 9.17) is 18.5 Å². The molecule has 0 aliphatic carbocycles. The van der Waals surface area contributed by atoms with E-state index in [2.05, 4.69) is 98.9 Å². The molecular formula is C82H151NO8P+. The molecule has 0 aromatic rings. The van der Waals surface area contributed by atoms with Crippen LogP contribution in [0.1, 0.15) is 373 Å². The van der Waals surface area contributed by atoms with Crippen LogP contribution in [-0.2, 0) is 32.7 Å². The Morgan fingerprint density at radius 3 is 0.924 bits per heavy atom. The Balaban J connectivity index is 3.92. The summed E-state index contributed by atoms with van der Waals surface area (Å²) >= 11 is 0. The second-order valence-corrected chi connectivity index (χ2v) is 29.2. The maximum absolute atomic E-state index is 12.9. The molecule has 2 atom stereocenters. The van der Waals surface area contributed by atoms with Crippen molar-refractivity contribution in [2.75, 3.05) is 47.5 Å². The van der Waals surface area contributed by atoms with Crippen LogP contribution in [0.5, 0.6) is 0 Å². The first kappa shape index (κ1) is 89.2. The van der Waals surface area contributed by atoms with Gasteiger partial charge in [0.05, 0.1) is 27.7 Å². The van der Waals surface area contributed by atoms with Gasteiger partial charge in [0.2, 0.25) is 0 Å². The number of nitrogens with zero attached hydrogens (tertiary/aromatic N) is 1. The van der Waals surface area contributed by atoms with Crippen molar-refractivity contribution in [3.8, 4) is 0 Å². The Labute approximate surface area is 571 Å². The molecule has 0 aromatic carbocycles. The minimum atomic E-state index is -4.40. The summed E-state index contributed by atoms with van der Waals surface area (Å²) in [6.45, 7) is 4.36. The molecule has 0 rings (SSSR count). The Morgan fingerprint density at radius 2 is 0.620 bits per heavy atom. The van der Waals surface area contributed by atoms with Crippen molar-refractivity contribution in [3.63, 3.8) is 0 Å². The molecule has 0 aromatic heterocycles. The molecule has 92 heavy (non-hydrogen) atoms. The average molecular weight is 1310 g/mol. The number of ether oxygens (including phenoxy) is 2. The molecule has 0 aliphatic heterocycles. The van der Waals surface area contributed by atoms with Crippen LogP contribution in [0.3, 0.4) is 0 Å². The maximum atomic E-state index is 12.9. The summed E-state index contributed by atoms with van der Waals surface area (Å²) < 4.78 is 34.8. The first-order valence-electron chi connectivity index (χ1n) is 39.3. The third-order valence-corrected chi connectivity index (χ3v) is 18.4. The largest absolute Gasteiger partial charge is 0.472 e. The van der Waals surface area contributed by atoms with Gasteiger partial charge in [-0.25, -0.2) is 4.57 Å². The van der Waals surface area contributed by atoms with Crippen LogP contribution in [0, 0.1) is 0 Å². The lowest BCUT2D eigenvalue weighted by Crippen LogP contribution is -2.37. The minimum absolute atomic E-state index is 0.0310. The third-order valence-electron chi connectivity index (χ3n) is 17.4. The smallest absolute Gasteiger partial charge is 0.462 e. The summed E-state index contributed by atoms with van der Waals surface area (Å²) in [7, 11) is 1.49. The van der Waals surface area contributed by atoms with Gasteiger partial charge < -0.3 is 18.9 Å². The Hall–Kier alpha value is -2.81. The molecule has 1 N–H and O–H groups in total. The first-order chi connectivity index (χ1) is 45.0. The quantitative estimate of drug-likeness (QED) is 0.0211. The number of esters is 2. The van der Waals surface area contributed by atoms with Gasteiger partial charge >= 0.3 is 19.8 Å². The summed E-state index contributed by atoms with van der Waals surface area (Å²) in [5.41, 5.74) is 0. The van der Waals surface area contributed by atoms with Crippen molar-refractivity contribution in [3.05, 3.63) is 85.1 Å². The van der Waals surface area contributed by atoms with Gasteiger partial charge in [-0.3, -0.25) is 18.6 Å². The summed E-state index contributed by atoms with van der Waals surface area (Å²) in [6, 6.07) is 0. The fourth-order valence-electron chi connectivity index (χ4n) is 11.4. The van der Waals surface area contributed by atoms with E-state index in [0.717, 1.165) is 77.0 Å². The van der Waals surface area contributed by atoms with Gasteiger partial charge in [0.15, 0.2) is 6.10 Å². The zero-order valence-electron chi connectivity index (χ0n) is 61.3. The van der Waals surface area contributed by atoms with E-state index in [1.165, 1.54) is 263 Å². The lowest BCUT2D eigenvalue weighted by molar-refractivity contribution is -0.870. The van der Waals surface area contributed by atoms with Crippen LogP contribution in [0.4, 0.5) is 0 Å². The number of carbonyl (C=O) groups excluding carboxylic acids is 2. The van der Waals surface area contributed by atoms with Crippen molar-refractivity contribution in [2.45, 2.75) is 380 Å². The van der Waals surface area contributed by atoms with Gasteiger partial charge in [-0.2, -0.15) is 0 Å². The highest BCUT2D eigenvalue weighted by molar-refractivity contribution is 7.47. The van der Waals surface area contributed by atoms with Gasteiger partial charge in [-0.1, -0.05) is 356 Å². The molecule has 0 amide bonds. The summed E-state index contributed by atoms with van der Waals surface area (Å²) in [4.78, 5) is 36.0. The minimum Gasteiger partial charge on any atom is -0.462 e. The molecule has 0 spiro atoms. The van der Waals surface area contributed by atoms with E-state index in [0.29, 0.717) is 23.9 Å². The van der Waals surface area contributed by atoms with Gasteiger partial charge in [0.1, 0.15) is 19.8 Å². The molecule has 2 unspecified atom stereocenters. The van der Waals surface area contributed by atoms with Crippen LogP contribution in [-0.4, -0.2) is 74.9 Å². The van der Waals surface area contributed by atoms with Crippen molar-refractivity contribution in [1.82, 2.24) is 0 Å². The summed E-state index contributed by atoms with van der Waals surface area (Å²) in [5.74, 6) is -0.783. The van der Waals surface area contributed by atoms with Crippen molar-refractivity contribution in [2.24, 2.45) is 0 Å². The molecule has 0 radical (unpaired) electrons. The molecule has 0 heterocycles. The average Bonchev–Trinajstić information content (AvgIpc) is 2.14. The van der Waals surface area contributed by atoms with Crippen LogP contribution in [0.2, 0.25) is 0 Å². The highest BCUT2D eigenvalue weighted by Crippen LogP contribution is 2.43. The fraction of sp³-hybridized carbons (Fsp3) is 0.805. The highest BCUT2D eigenvalue weighted by atomic mass is 31.2. The molecule has 0 saturated carbocycles. The van der Waals surface area contributed by atoms with E-state index in [9.17, 15) is 19.0 Å². The normalized spacial score (nSPS) is 13.5. The number of phosphoric ester groups is 1. The van der Waals surface area contributed by atoms with Crippen LogP contribution >= 0.6 is 7.82 Å². The van der Waals surface area contributed by atoms with Crippen molar-refractivity contribution < 1.29 is 42.1 Å². The van der Waals surface area contributed by atoms with Gasteiger partial charge in [0.25, 0.3) is 0 Å². The van der Waals surface area contributed by atoms with Crippen LogP contribution in [0.15, 0.2) is 85.1 Å². The van der Waals surface area contributed by atoms with E-state index in [1.807, 2.05) is 21.1 Å². The number of hydrogen-bond acceptors (Lipinski definition) is 7. The maximum Gasteiger partial charge on any atom is 0.472 e. The molecule has 0 saturated heterocycles. The van der Waals surface area contributed by atoms with Crippen molar-refractivity contribution in [1.29, 1.82) is 0 Å². The zero-order valence-corrected chi connectivity index (χ0v) is 62.2. The second kappa shape index (κ2) is 72.5. The van der Waals surface area contributed by atoms with Crippen LogP contribution < -0.4 is 0 Å². The highest BCUT2D eigenvalue weighted by Gasteiger charge is 2.27. The number of carbonyl (C=O) groups is 2. The lowest BCUT2D eigenvalue weighted by Gasteiger charge is -2.24. The number of quaternary nitrogens is 1. The van der Waals surface area contributed by atoms with Gasteiger partial charge in [-0.15, -0.1) is 0 Å². The number of hydrogen-bond donors (Lipinski definition) is 1. The SMILES string of the molecule is CC/C=C\C/C=C\C/C=C\C/C=C\C/C=C\CCCCCCCCCCCCCCCC(=O)OC(COC(=O)CCCCCCCCCCCCCCCCCCCCCCCCCCCCC/C=C\C/C=C\CCCCCCC)COP(=O)(O)OCC[N+](C)(C)C. The summed E-state index contributed by atoms with van der Waals surface area (Å²) in [6.07, 6.45) is 100. The van der Waals surface area contributed by atoms with E-state index in [1.54, 1.807) is 0 Å². The standard InChI is InChI=1S/C82H150NO8P/c1-6-8-10-12-14-16-18-20-22-24-26-28-30-32-34-36-37-38-39-40-41-42-43-44-45-47-48-50-52-54-56-58-60-62-64-66-68-70-72-74-81(84)88-78-80(79-90-92(86,87)89-77-76-83(3,4)5)91-82(85)75-73-71-69-67-65-63-61-59-57-55-53-51-49-46-35-33-31-29-27-25-23-21-19-17-15-13-11-9-7-2/h9,11,15,17-18,20-21,23-24,26-27,29,33,35,80H,6-8,10,12-14,16,19,22,25,28,30-32,34,36-79H2,1-5H3/p+1/b11-9-,17-15-,20-18-,23-21-,26-24-,29-27-,35-33-. The predicted molar refractivity (Wildman–Crippen MR) is 399 cm³/mol. The van der Waals surface area contributed by atoms with E-state index < -0.39 is 26.5 Å². The molecule has 0 aliphatic rings. The van der Waals surface area contributed by atoms with E-state index >= 15 is 0 Å². The number of unbranched alkanes of at least 4 members (excludes halogenated alkanes) is 45. The second-order valence-electron chi connectivity index (χ2n) is 27.7. The predicted octanol–water partition coefficient (Wildman–Crippen LogP) is 26.1. The van der Waals surface area contributed by atoms with Gasteiger partial charge in [0, 0.05) is 12.8 Å². The van der Waals surface area contributed by atoms with E-state index in [-0.39, 0.29) is 25.6 Å². The molecule has 0 fully saturated rings. The van der Waals surface area contributed by atoms with Crippen LogP contribution in [0.25, 0.3) is 0 Å². The monoisotopic (exact) mass is 1310 g/mol. The number of rotatable bonds is 73. The first-order valence-corrected chi connectivity index (χ1v) is 40.8. The summed E-state index contributed by atoms with van der Waals surface area (Å²) in [5, 5.41) is 0. The number of phosphoric acid groups is 1. The number of allylic oxidation sites excluding steroid dienone is 14. The Kier molecular flexibility index (Phi) is 70.2. The Bertz CT molecular complexity index is 1830. The molecule has 10 heteroatoms. The topological polar surface area (TPSA) is 108 Å². The van der Waals surface area contributed by atoms with Crippen molar-refractivity contribution >= 4 is 19.8 Å². The molecule has 9 nitrogen and oxygen atoms in total. The van der Waals surface area contributed by atoms with Gasteiger partial charge in [-0.05, 0) is 89.9 Å². The molecule has 0 bridgehead atoms. The fourth-order valence-corrected chi connectivity index (χ4v) is 12.2. The third kappa shape index (κ3) is 76.2. The Morgan fingerprint density at radius 1 is 0.348 bits per heavy atom. The number of likely N-dealkylation sites (N-methyl/N-ethyl adjacent to an activating group) is 1.